The van der Waals surface area contributed by atoms with Gasteiger partial charge < -0.3 is 14.6 Å². The Morgan fingerprint density at radius 1 is 1.09 bits per heavy atom. The molecule has 32 heavy (non-hydrogen) atoms. The maximum Gasteiger partial charge on any atom is 0.276 e. The molecule has 0 aliphatic heterocycles. The highest BCUT2D eigenvalue weighted by molar-refractivity contribution is 5.83. The van der Waals surface area contributed by atoms with Crippen LogP contribution in [0, 0.1) is 0 Å². The molecule has 7 heteroatoms. The quantitative estimate of drug-likeness (QED) is 0.464. The molecule has 0 spiro atoms. The molecule has 1 unspecified atom stereocenters. The molecule has 0 bridgehead atoms. The number of methoxy groups -OCH3 is 1. The maximum atomic E-state index is 12.9. The molecule has 0 radical (unpaired) electrons. The molecule has 0 saturated carbocycles. The fourth-order valence-electron chi connectivity index (χ4n) is 3.81. The number of hydrogen-bond donors (Lipinski definition) is 1. The van der Waals surface area contributed by atoms with Crippen LogP contribution in [0.2, 0.25) is 0 Å². The molecular weight excluding hydrogens is 404 g/mol. The highest BCUT2D eigenvalue weighted by Crippen LogP contribution is 2.23. The van der Waals surface area contributed by atoms with E-state index in [1.807, 2.05) is 61.5 Å². The minimum absolute atomic E-state index is 0.0301. The third-order valence-electron chi connectivity index (χ3n) is 5.55. The van der Waals surface area contributed by atoms with E-state index in [1.165, 1.54) is 0 Å². The Balaban J connectivity index is 1.47. The minimum atomic E-state index is -0.198. The summed E-state index contributed by atoms with van der Waals surface area (Å²) in [6.45, 7) is 2.75. The molecule has 0 aliphatic rings. The van der Waals surface area contributed by atoms with Crippen molar-refractivity contribution in [3.63, 3.8) is 0 Å². The molecule has 2 aromatic carbocycles. The van der Waals surface area contributed by atoms with Crippen LogP contribution in [-0.4, -0.2) is 33.7 Å². The van der Waals surface area contributed by atoms with E-state index in [0.717, 1.165) is 16.9 Å². The normalized spacial score (nSPS) is 11.9. The Morgan fingerprint density at radius 3 is 2.66 bits per heavy atom. The molecular formula is C25H26N4O3. The summed E-state index contributed by atoms with van der Waals surface area (Å²) in [7, 11) is 1.61. The van der Waals surface area contributed by atoms with E-state index in [9.17, 15) is 9.59 Å². The number of benzene rings is 2. The van der Waals surface area contributed by atoms with Crippen LogP contribution in [0.25, 0.3) is 16.8 Å². The van der Waals surface area contributed by atoms with Gasteiger partial charge in [-0.25, -0.2) is 4.52 Å². The Bertz CT molecular complexity index is 1280. The SMILES string of the molecule is CCC(C(=O)NCCn1ccn2nc(-c3cccc(OC)c3)cc2c1=O)c1ccccc1. The number of carbonyl (C=O) groups excluding carboxylic acids is 1. The van der Waals surface area contributed by atoms with Crippen LogP contribution in [0.15, 0.2) is 77.9 Å². The van der Waals surface area contributed by atoms with Crippen LogP contribution in [0.1, 0.15) is 24.8 Å². The van der Waals surface area contributed by atoms with Crippen molar-refractivity contribution >= 4 is 11.4 Å². The van der Waals surface area contributed by atoms with E-state index >= 15 is 0 Å². The summed E-state index contributed by atoms with van der Waals surface area (Å²) in [6.07, 6.45) is 4.16. The highest BCUT2D eigenvalue weighted by Gasteiger charge is 2.18. The van der Waals surface area contributed by atoms with Crippen LogP contribution in [0.5, 0.6) is 5.75 Å². The van der Waals surface area contributed by atoms with Gasteiger partial charge in [-0.3, -0.25) is 9.59 Å². The van der Waals surface area contributed by atoms with E-state index in [2.05, 4.69) is 10.4 Å². The zero-order chi connectivity index (χ0) is 22.5. The molecule has 1 N–H and O–H groups in total. The standard InChI is InChI=1S/C25H26N4O3/c1-3-21(18-8-5-4-6-9-18)24(30)26-12-13-28-14-15-29-23(25(28)31)17-22(27-29)19-10-7-11-20(16-19)32-2/h4-11,14-17,21H,3,12-13H2,1-2H3,(H,26,30). The Labute approximate surface area is 186 Å². The fourth-order valence-corrected chi connectivity index (χ4v) is 3.81. The lowest BCUT2D eigenvalue weighted by Gasteiger charge is -2.15. The van der Waals surface area contributed by atoms with Crippen molar-refractivity contribution in [2.45, 2.75) is 25.8 Å². The van der Waals surface area contributed by atoms with Crippen LogP contribution in [-0.2, 0) is 11.3 Å². The molecule has 4 aromatic rings. The molecule has 0 saturated heterocycles. The van der Waals surface area contributed by atoms with Crippen LogP contribution in [0.4, 0.5) is 0 Å². The van der Waals surface area contributed by atoms with E-state index in [0.29, 0.717) is 30.7 Å². The van der Waals surface area contributed by atoms with Gasteiger partial charge in [-0.15, -0.1) is 0 Å². The molecule has 4 rings (SSSR count). The van der Waals surface area contributed by atoms with Gasteiger partial charge in [0.15, 0.2) is 0 Å². The lowest BCUT2D eigenvalue weighted by atomic mass is 9.96. The van der Waals surface area contributed by atoms with Gasteiger partial charge in [0.2, 0.25) is 5.91 Å². The van der Waals surface area contributed by atoms with Gasteiger partial charge >= 0.3 is 0 Å². The van der Waals surface area contributed by atoms with Gasteiger partial charge in [-0.1, -0.05) is 49.4 Å². The molecule has 164 valence electrons. The monoisotopic (exact) mass is 430 g/mol. The predicted octanol–water partition coefficient (Wildman–Crippen LogP) is 3.48. The smallest absolute Gasteiger partial charge is 0.276 e. The first-order valence-electron chi connectivity index (χ1n) is 10.7. The first-order chi connectivity index (χ1) is 15.6. The van der Waals surface area contributed by atoms with Crippen molar-refractivity contribution in [1.82, 2.24) is 19.5 Å². The summed E-state index contributed by atoms with van der Waals surface area (Å²) < 4.78 is 8.45. The second kappa shape index (κ2) is 9.51. The van der Waals surface area contributed by atoms with Crippen LogP contribution >= 0.6 is 0 Å². The number of ether oxygens (including phenoxy) is 1. The van der Waals surface area contributed by atoms with Crippen molar-refractivity contribution in [1.29, 1.82) is 0 Å². The number of rotatable bonds is 8. The summed E-state index contributed by atoms with van der Waals surface area (Å²) in [5.74, 6) is 0.502. The van der Waals surface area contributed by atoms with Crippen molar-refractivity contribution in [2.75, 3.05) is 13.7 Å². The molecule has 1 amide bonds. The van der Waals surface area contributed by atoms with Crippen molar-refractivity contribution in [3.8, 4) is 17.0 Å². The zero-order valence-electron chi connectivity index (χ0n) is 18.2. The van der Waals surface area contributed by atoms with E-state index in [-0.39, 0.29) is 17.4 Å². The van der Waals surface area contributed by atoms with Gasteiger partial charge in [-0.05, 0) is 30.2 Å². The average Bonchev–Trinajstić information content (AvgIpc) is 3.27. The molecule has 2 heterocycles. The number of fused-ring (bicyclic) bond motifs is 1. The summed E-state index contributed by atoms with van der Waals surface area (Å²) in [6, 6.07) is 19.1. The first-order valence-corrected chi connectivity index (χ1v) is 10.7. The minimum Gasteiger partial charge on any atom is -0.497 e. The molecule has 0 fully saturated rings. The van der Waals surface area contributed by atoms with Gasteiger partial charge in [0.25, 0.3) is 5.56 Å². The molecule has 0 aliphatic carbocycles. The van der Waals surface area contributed by atoms with Gasteiger partial charge in [0.05, 0.1) is 18.7 Å². The predicted molar refractivity (Wildman–Crippen MR) is 124 cm³/mol. The van der Waals surface area contributed by atoms with Crippen LogP contribution in [0.3, 0.4) is 0 Å². The maximum absolute atomic E-state index is 12.9. The van der Waals surface area contributed by atoms with Crippen LogP contribution < -0.4 is 15.6 Å². The summed E-state index contributed by atoms with van der Waals surface area (Å²) in [5.41, 5.74) is 2.89. The van der Waals surface area contributed by atoms with E-state index in [4.69, 9.17) is 4.74 Å². The Morgan fingerprint density at radius 2 is 1.91 bits per heavy atom. The summed E-state index contributed by atoms with van der Waals surface area (Å²) in [5, 5.41) is 7.48. The largest absolute Gasteiger partial charge is 0.497 e. The first kappa shape index (κ1) is 21.4. The number of nitrogens with one attached hydrogen (secondary N) is 1. The third-order valence-corrected chi connectivity index (χ3v) is 5.55. The van der Waals surface area contributed by atoms with Crippen molar-refractivity contribution in [2.24, 2.45) is 0 Å². The summed E-state index contributed by atoms with van der Waals surface area (Å²) in [4.78, 5) is 25.6. The van der Waals surface area contributed by atoms with E-state index in [1.54, 1.807) is 34.7 Å². The van der Waals surface area contributed by atoms with Gasteiger partial charge in [-0.2, -0.15) is 5.10 Å². The highest BCUT2D eigenvalue weighted by atomic mass is 16.5. The number of nitrogens with zero attached hydrogens (tertiary/aromatic N) is 3. The average molecular weight is 431 g/mol. The topological polar surface area (TPSA) is 77.6 Å². The lowest BCUT2D eigenvalue weighted by Crippen LogP contribution is -2.34. The second-order valence-electron chi connectivity index (χ2n) is 7.55. The van der Waals surface area contributed by atoms with E-state index < -0.39 is 0 Å². The van der Waals surface area contributed by atoms with Gasteiger partial charge in [0.1, 0.15) is 11.3 Å². The summed E-state index contributed by atoms with van der Waals surface area (Å²) >= 11 is 0. The van der Waals surface area contributed by atoms with Crippen molar-refractivity contribution < 1.29 is 9.53 Å². The Kier molecular flexibility index (Phi) is 6.35. The number of aromatic nitrogens is 3. The molecule has 2 aromatic heterocycles. The molecule has 7 nitrogen and oxygen atoms in total. The second-order valence-corrected chi connectivity index (χ2v) is 7.55. The molecule has 1 atom stereocenters. The Hall–Kier alpha value is -3.87. The van der Waals surface area contributed by atoms with Gasteiger partial charge in [0, 0.05) is 31.0 Å². The fraction of sp³-hybridized carbons (Fsp3) is 0.240. The number of amides is 1. The lowest BCUT2D eigenvalue weighted by molar-refractivity contribution is -0.122. The number of hydrogen-bond acceptors (Lipinski definition) is 4. The zero-order valence-corrected chi connectivity index (χ0v) is 18.2. The number of carbonyl (C=O) groups is 1. The third kappa shape index (κ3) is 4.42. The van der Waals surface area contributed by atoms with Crippen molar-refractivity contribution in [3.05, 3.63) is 89.0 Å².